The first kappa shape index (κ1) is 16.9. The summed E-state index contributed by atoms with van der Waals surface area (Å²) in [6, 6.07) is 1.25. The molecule has 2 unspecified atom stereocenters. The van der Waals surface area contributed by atoms with Crippen LogP contribution >= 0.6 is 11.3 Å². The minimum atomic E-state index is 0.154. The topological polar surface area (TPSA) is 28.2 Å². The van der Waals surface area contributed by atoms with Gasteiger partial charge in [0.05, 0.1) is 12.2 Å². The highest BCUT2D eigenvalue weighted by atomic mass is 32.1. The quantitative estimate of drug-likeness (QED) is 0.920. The number of nitrogens with zero attached hydrogens (tertiary/aromatic N) is 2. The Hall–Kier alpha value is -0.450. The molecule has 3 nitrogen and oxygen atoms in total. The molecule has 1 aliphatic heterocycles. The van der Waals surface area contributed by atoms with Gasteiger partial charge in [-0.2, -0.15) is 0 Å². The minimum absolute atomic E-state index is 0.154. The molecule has 0 bridgehead atoms. The van der Waals surface area contributed by atoms with Gasteiger partial charge in [-0.15, -0.1) is 11.3 Å². The molecule has 1 N–H and O–H groups in total. The van der Waals surface area contributed by atoms with E-state index in [1.165, 1.54) is 17.1 Å². The van der Waals surface area contributed by atoms with Crippen molar-refractivity contribution in [2.45, 2.75) is 72.0 Å². The number of nitrogens with one attached hydrogen (secondary N) is 1. The molecule has 0 amide bonds. The Labute approximate surface area is 134 Å². The van der Waals surface area contributed by atoms with Gasteiger partial charge in [0.25, 0.3) is 0 Å². The Balaban J connectivity index is 2.09. The van der Waals surface area contributed by atoms with E-state index >= 15 is 0 Å². The molecular weight excluding hydrogens is 278 g/mol. The van der Waals surface area contributed by atoms with Crippen LogP contribution in [0.15, 0.2) is 5.38 Å². The Morgan fingerprint density at radius 3 is 2.67 bits per heavy atom. The van der Waals surface area contributed by atoms with E-state index in [2.05, 4.69) is 57.1 Å². The monoisotopic (exact) mass is 309 g/mol. The third kappa shape index (κ3) is 4.27. The van der Waals surface area contributed by atoms with Crippen LogP contribution in [0, 0.1) is 5.92 Å². The largest absolute Gasteiger partial charge is 0.311 e. The Morgan fingerprint density at radius 2 is 2.14 bits per heavy atom. The summed E-state index contributed by atoms with van der Waals surface area (Å²) in [6.45, 7) is 16.9. The van der Waals surface area contributed by atoms with Crippen molar-refractivity contribution in [1.29, 1.82) is 0 Å². The zero-order chi connectivity index (χ0) is 15.6. The van der Waals surface area contributed by atoms with Gasteiger partial charge in [-0.05, 0) is 12.3 Å². The van der Waals surface area contributed by atoms with Gasteiger partial charge < -0.3 is 5.32 Å². The van der Waals surface area contributed by atoms with Crippen molar-refractivity contribution >= 4 is 11.3 Å². The van der Waals surface area contributed by atoms with Crippen molar-refractivity contribution < 1.29 is 0 Å². The van der Waals surface area contributed by atoms with Crippen LogP contribution in [0.2, 0.25) is 0 Å². The van der Waals surface area contributed by atoms with Crippen LogP contribution in [0.1, 0.15) is 58.7 Å². The second-order valence-corrected chi connectivity index (χ2v) is 8.57. The fourth-order valence-electron chi connectivity index (χ4n) is 2.91. The summed E-state index contributed by atoms with van der Waals surface area (Å²) in [5, 5.41) is 7.19. The highest BCUT2D eigenvalue weighted by molar-refractivity contribution is 7.09. The first-order valence-corrected chi connectivity index (χ1v) is 9.11. The van der Waals surface area contributed by atoms with Gasteiger partial charge in [0.15, 0.2) is 0 Å². The molecular formula is C17H31N3S. The van der Waals surface area contributed by atoms with E-state index < -0.39 is 0 Å². The third-order valence-corrected chi connectivity index (χ3v) is 5.29. The number of aromatic nitrogens is 1. The lowest BCUT2D eigenvalue weighted by atomic mass is 9.93. The Kier molecular flexibility index (Phi) is 5.44. The molecule has 0 saturated carbocycles. The van der Waals surface area contributed by atoms with E-state index in [9.17, 15) is 0 Å². The second kappa shape index (κ2) is 6.76. The molecule has 21 heavy (non-hydrogen) atoms. The summed E-state index contributed by atoms with van der Waals surface area (Å²) < 4.78 is 0. The van der Waals surface area contributed by atoms with E-state index in [4.69, 9.17) is 4.98 Å². The first-order valence-electron chi connectivity index (χ1n) is 8.23. The maximum absolute atomic E-state index is 4.88. The van der Waals surface area contributed by atoms with Gasteiger partial charge >= 0.3 is 0 Å². The van der Waals surface area contributed by atoms with Gasteiger partial charge in [0.1, 0.15) is 5.01 Å². The first-order chi connectivity index (χ1) is 9.81. The molecule has 2 rings (SSSR count). The van der Waals surface area contributed by atoms with E-state index in [0.29, 0.717) is 18.0 Å². The molecule has 1 aromatic rings. The van der Waals surface area contributed by atoms with Crippen molar-refractivity contribution in [2.75, 3.05) is 13.1 Å². The number of hydrogen-bond acceptors (Lipinski definition) is 4. The lowest BCUT2D eigenvalue weighted by Gasteiger charge is -2.42. The molecule has 1 aromatic heterocycles. The number of thiazole rings is 1. The number of piperazine rings is 1. The lowest BCUT2D eigenvalue weighted by Crippen LogP contribution is -2.57. The Bertz CT molecular complexity index is 447. The van der Waals surface area contributed by atoms with Crippen molar-refractivity contribution in [3.8, 4) is 0 Å². The molecule has 2 heterocycles. The molecule has 0 aliphatic carbocycles. The van der Waals surface area contributed by atoms with E-state index in [1.54, 1.807) is 0 Å². The zero-order valence-electron chi connectivity index (χ0n) is 14.4. The van der Waals surface area contributed by atoms with Crippen LogP contribution in [-0.2, 0) is 12.0 Å². The molecule has 2 atom stereocenters. The highest BCUT2D eigenvalue weighted by Crippen LogP contribution is 2.26. The summed E-state index contributed by atoms with van der Waals surface area (Å²) >= 11 is 1.82. The normalized spacial score (nSPS) is 24.7. The molecule has 0 radical (unpaired) electrons. The SMILES string of the molecule is CCC1CN(Cc2nc(C(C)(C)C)cs2)C(C(C)C)CN1. The maximum atomic E-state index is 4.88. The van der Waals surface area contributed by atoms with E-state index in [1.807, 2.05) is 11.3 Å². The van der Waals surface area contributed by atoms with Crippen LogP contribution in [0.5, 0.6) is 0 Å². The third-order valence-electron chi connectivity index (χ3n) is 4.46. The molecule has 4 heteroatoms. The summed E-state index contributed by atoms with van der Waals surface area (Å²) in [5.74, 6) is 0.678. The fourth-order valence-corrected chi connectivity index (χ4v) is 3.96. The van der Waals surface area contributed by atoms with E-state index in [-0.39, 0.29) is 5.41 Å². The van der Waals surface area contributed by atoms with Crippen molar-refractivity contribution in [1.82, 2.24) is 15.2 Å². The zero-order valence-corrected chi connectivity index (χ0v) is 15.3. The Morgan fingerprint density at radius 1 is 1.43 bits per heavy atom. The lowest BCUT2D eigenvalue weighted by molar-refractivity contribution is 0.0899. The van der Waals surface area contributed by atoms with Crippen LogP contribution < -0.4 is 5.32 Å². The summed E-state index contributed by atoms with van der Waals surface area (Å²) in [7, 11) is 0. The van der Waals surface area contributed by atoms with Crippen LogP contribution in [-0.4, -0.2) is 35.1 Å². The van der Waals surface area contributed by atoms with Crippen molar-refractivity contribution in [2.24, 2.45) is 5.92 Å². The smallest absolute Gasteiger partial charge is 0.107 e. The highest BCUT2D eigenvalue weighted by Gasteiger charge is 2.30. The number of rotatable bonds is 4. The van der Waals surface area contributed by atoms with Gasteiger partial charge in [0.2, 0.25) is 0 Å². The van der Waals surface area contributed by atoms with Crippen LogP contribution in [0.25, 0.3) is 0 Å². The van der Waals surface area contributed by atoms with E-state index in [0.717, 1.165) is 19.6 Å². The summed E-state index contributed by atoms with van der Waals surface area (Å²) in [5.41, 5.74) is 1.38. The van der Waals surface area contributed by atoms with Gasteiger partial charge in [-0.1, -0.05) is 41.5 Å². The van der Waals surface area contributed by atoms with Gasteiger partial charge in [-0.3, -0.25) is 4.90 Å². The predicted molar refractivity (Wildman–Crippen MR) is 91.9 cm³/mol. The molecule has 1 aliphatic rings. The molecule has 0 aromatic carbocycles. The van der Waals surface area contributed by atoms with Gasteiger partial charge in [0, 0.05) is 36.0 Å². The molecule has 1 fully saturated rings. The van der Waals surface area contributed by atoms with Gasteiger partial charge in [-0.25, -0.2) is 4.98 Å². The maximum Gasteiger partial charge on any atom is 0.107 e. The average molecular weight is 310 g/mol. The van der Waals surface area contributed by atoms with Crippen LogP contribution in [0.3, 0.4) is 0 Å². The average Bonchev–Trinajstić information content (AvgIpc) is 2.86. The molecule has 120 valence electrons. The standard InChI is InChI=1S/C17H31N3S/c1-7-13-9-20(14(8-18-13)12(2)3)10-16-19-15(11-21-16)17(4,5)6/h11-14,18H,7-10H2,1-6H3. The fraction of sp³-hybridized carbons (Fsp3) is 0.824. The number of hydrogen-bond donors (Lipinski definition) is 1. The summed E-state index contributed by atoms with van der Waals surface area (Å²) in [4.78, 5) is 7.52. The summed E-state index contributed by atoms with van der Waals surface area (Å²) in [6.07, 6.45) is 1.20. The predicted octanol–water partition coefficient (Wildman–Crippen LogP) is 3.65. The molecule has 1 saturated heterocycles. The van der Waals surface area contributed by atoms with Crippen molar-refractivity contribution in [3.05, 3.63) is 16.1 Å². The minimum Gasteiger partial charge on any atom is -0.311 e. The molecule has 0 spiro atoms. The second-order valence-electron chi connectivity index (χ2n) is 7.63. The van der Waals surface area contributed by atoms with Crippen LogP contribution in [0.4, 0.5) is 0 Å². The van der Waals surface area contributed by atoms with Crippen molar-refractivity contribution in [3.63, 3.8) is 0 Å².